The number of anilines is 3. The fraction of sp³-hybridized carbons (Fsp3) is 0.353. The molecule has 2 atom stereocenters. The number of aliphatic carboxylic acids is 1. The summed E-state index contributed by atoms with van der Waals surface area (Å²) in [6.07, 6.45) is 1.59. The zero-order chi connectivity index (χ0) is 22.3. The molecule has 0 amide bonds. The Labute approximate surface area is 182 Å². The van der Waals surface area contributed by atoms with Crippen LogP contribution in [-0.4, -0.2) is 48.7 Å². The van der Waals surface area contributed by atoms with Crippen LogP contribution in [0, 0.1) is 5.92 Å². The molecule has 30 heavy (non-hydrogen) atoms. The van der Waals surface area contributed by atoms with Gasteiger partial charge in [-0.2, -0.15) is 4.98 Å². The first kappa shape index (κ1) is 24.0. The van der Waals surface area contributed by atoms with E-state index in [1.807, 2.05) is 13.8 Å². The molecular formula is C17H23BrN6O5S. The number of hydrogen-bond acceptors (Lipinski definition) is 9. The largest absolute Gasteiger partial charge is 0.479 e. The van der Waals surface area contributed by atoms with Crippen LogP contribution in [0.2, 0.25) is 0 Å². The lowest BCUT2D eigenvalue weighted by Gasteiger charge is -2.22. The van der Waals surface area contributed by atoms with E-state index in [4.69, 9.17) is 15.1 Å². The molecule has 0 aliphatic rings. The number of carboxylic acids is 1. The van der Waals surface area contributed by atoms with E-state index in [9.17, 15) is 13.2 Å². The monoisotopic (exact) mass is 502 g/mol. The molecule has 0 spiro atoms. The van der Waals surface area contributed by atoms with Crippen LogP contribution in [-0.2, 0) is 19.7 Å². The van der Waals surface area contributed by atoms with Crippen molar-refractivity contribution in [3.63, 3.8) is 0 Å². The van der Waals surface area contributed by atoms with Gasteiger partial charge in [0.15, 0.2) is 6.61 Å². The highest BCUT2D eigenvalue weighted by Crippen LogP contribution is 2.24. The smallest absolute Gasteiger partial charge is 0.331 e. The minimum absolute atomic E-state index is 0.0101. The molecule has 0 aliphatic heterocycles. The maximum Gasteiger partial charge on any atom is 0.331 e. The number of rotatable bonds is 11. The normalized spacial score (nSPS) is 13.5. The van der Waals surface area contributed by atoms with E-state index in [0.29, 0.717) is 28.5 Å². The van der Waals surface area contributed by atoms with Crippen LogP contribution in [0.5, 0.6) is 0 Å². The number of halogens is 1. The zero-order valence-corrected chi connectivity index (χ0v) is 18.7. The van der Waals surface area contributed by atoms with Crippen LogP contribution in [0.25, 0.3) is 0 Å². The van der Waals surface area contributed by atoms with Gasteiger partial charge in [-0.25, -0.2) is 28.8 Å². The number of sulfonamides is 1. The molecule has 6 N–H and O–H groups in total. The second-order valence-electron chi connectivity index (χ2n) is 6.53. The third-order valence-corrected chi connectivity index (χ3v) is 5.61. The van der Waals surface area contributed by atoms with Gasteiger partial charge < -0.3 is 15.7 Å². The number of hydroxylamine groups is 1. The Morgan fingerprint density at radius 2 is 1.97 bits per heavy atom. The van der Waals surface area contributed by atoms with Gasteiger partial charge in [-0.3, -0.25) is 4.84 Å². The number of primary sulfonamides is 1. The van der Waals surface area contributed by atoms with Gasteiger partial charge in [0.05, 0.1) is 9.37 Å². The Morgan fingerprint density at radius 1 is 1.30 bits per heavy atom. The summed E-state index contributed by atoms with van der Waals surface area (Å²) in [7, 11) is -3.76. The molecular weight excluding hydrogens is 480 g/mol. The summed E-state index contributed by atoms with van der Waals surface area (Å²) in [5, 5.41) is 19.9. The maximum absolute atomic E-state index is 11.3. The van der Waals surface area contributed by atoms with Crippen molar-refractivity contribution in [3.05, 3.63) is 34.9 Å². The van der Waals surface area contributed by atoms with Gasteiger partial charge in [0.2, 0.25) is 16.0 Å². The Kier molecular flexibility index (Phi) is 8.49. The average molecular weight is 503 g/mol. The first-order valence-corrected chi connectivity index (χ1v) is 11.2. The van der Waals surface area contributed by atoms with Gasteiger partial charge in [-0.1, -0.05) is 6.92 Å². The van der Waals surface area contributed by atoms with Crippen LogP contribution in [0.4, 0.5) is 17.5 Å². The number of nitrogens with two attached hydrogens (primary N) is 1. The Morgan fingerprint density at radius 3 is 2.57 bits per heavy atom. The molecule has 0 radical (unpaired) electrons. The highest BCUT2D eigenvalue weighted by molar-refractivity contribution is 9.10. The molecule has 2 aromatic rings. The molecule has 0 bridgehead atoms. The van der Waals surface area contributed by atoms with Gasteiger partial charge >= 0.3 is 5.97 Å². The number of hydrogen-bond donors (Lipinski definition) is 5. The van der Waals surface area contributed by atoms with E-state index in [1.54, 1.807) is 18.3 Å². The molecule has 0 fully saturated rings. The lowest BCUT2D eigenvalue weighted by molar-refractivity contribution is -0.145. The van der Waals surface area contributed by atoms with E-state index in [2.05, 4.69) is 42.0 Å². The van der Waals surface area contributed by atoms with E-state index in [-0.39, 0.29) is 16.9 Å². The summed E-state index contributed by atoms with van der Waals surface area (Å²) in [5.74, 6) is -0.0975. The highest BCUT2D eigenvalue weighted by atomic mass is 79.9. The second kappa shape index (κ2) is 10.6. The molecule has 2 unspecified atom stereocenters. The summed E-state index contributed by atoms with van der Waals surface area (Å²) >= 11 is 3.40. The Bertz CT molecular complexity index is 973. The molecule has 0 aliphatic carbocycles. The van der Waals surface area contributed by atoms with Crippen molar-refractivity contribution < 1.29 is 23.2 Å². The minimum atomic E-state index is -3.76. The van der Waals surface area contributed by atoms with E-state index in [1.165, 1.54) is 12.1 Å². The summed E-state index contributed by atoms with van der Waals surface area (Å²) in [6, 6.07) is 5.87. The van der Waals surface area contributed by atoms with E-state index in [0.717, 1.165) is 0 Å². The summed E-state index contributed by atoms with van der Waals surface area (Å²) < 4.78 is 23.3. The third-order valence-electron chi connectivity index (χ3n) is 4.10. The van der Waals surface area contributed by atoms with Crippen molar-refractivity contribution in [1.82, 2.24) is 15.4 Å². The van der Waals surface area contributed by atoms with Crippen molar-refractivity contribution in [1.29, 1.82) is 0 Å². The molecule has 1 aromatic carbocycles. The highest BCUT2D eigenvalue weighted by Gasteiger charge is 2.15. The van der Waals surface area contributed by atoms with Gasteiger partial charge in [0, 0.05) is 24.5 Å². The number of aromatic nitrogens is 2. The van der Waals surface area contributed by atoms with Gasteiger partial charge in [-0.05, 0) is 53.0 Å². The molecule has 1 aromatic heterocycles. The summed E-state index contributed by atoms with van der Waals surface area (Å²) in [6.45, 7) is 3.94. The van der Waals surface area contributed by atoms with Gasteiger partial charge in [-0.15, -0.1) is 0 Å². The third kappa shape index (κ3) is 7.50. The lowest BCUT2D eigenvalue weighted by Crippen LogP contribution is -2.33. The molecule has 0 saturated carbocycles. The molecule has 2 rings (SSSR count). The SMILES string of the molecule is CC(CNOCC(=O)O)C(C)Nc1nc(Nc2ccc(S(N)(=O)=O)cc2)ncc1Br. The molecule has 0 saturated heterocycles. The minimum Gasteiger partial charge on any atom is -0.479 e. The predicted molar refractivity (Wildman–Crippen MR) is 115 cm³/mol. The fourth-order valence-corrected chi connectivity index (χ4v) is 3.04. The Hall–Kier alpha value is -2.32. The topological polar surface area (TPSA) is 169 Å². The maximum atomic E-state index is 11.3. The molecule has 11 nitrogen and oxygen atoms in total. The van der Waals surface area contributed by atoms with Crippen LogP contribution in [0.15, 0.2) is 39.8 Å². The van der Waals surface area contributed by atoms with Gasteiger partial charge in [0.1, 0.15) is 5.82 Å². The molecule has 1 heterocycles. The second-order valence-corrected chi connectivity index (χ2v) is 8.94. The standard InChI is InChI=1S/C17H23BrN6O5S/c1-10(7-21-29-9-15(25)26)11(2)22-16-14(18)8-20-17(24-16)23-12-3-5-13(6-4-12)30(19,27)28/h3-6,8,10-11,21H,7,9H2,1-2H3,(H,25,26)(H2,19,27,28)(H2,20,22,23,24). The Balaban J connectivity index is 1.99. The van der Waals surface area contributed by atoms with Gasteiger partial charge in [0.25, 0.3) is 0 Å². The van der Waals surface area contributed by atoms with Crippen LogP contribution in [0.3, 0.4) is 0 Å². The summed E-state index contributed by atoms with van der Waals surface area (Å²) in [5.41, 5.74) is 3.22. The first-order chi connectivity index (χ1) is 14.1. The van der Waals surface area contributed by atoms with Crippen molar-refractivity contribution in [2.75, 3.05) is 23.8 Å². The lowest BCUT2D eigenvalue weighted by atomic mass is 10.0. The number of benzene rings is 1. The van der Waals surface area contributed by atoms with E-state index < -0.39 is 22.6 Å². The average Bonchev–Trinajstić information content (AvgIpc) is 2.67. The van der Waals surface area contributed by atoms with Crippen LogP contribution >= 0.6 is 15.9 Å². The van der Waals surface area contributed by atoms with Crippen molar-refractivity contribution >= 4 is 49.4 Å². The summed E-state index contributed by atoms with van der Waals surface area (Å²) in [4.78, 5) is 23.9. The number of nitrogens with one attached hydrogen (secondary N) is 3. The fourth-order valence-electron chi connectivity index (χ4n) is 2.22. The van der Waals surface area contributed by atoms with E-state index >= 15 is 0 Å². The van der Waals surface area contributed by atoms with Crippen molar-refractivity contribution in [3.8, 4) is 0 Å². The zero-order valence-electron chi connectivity index (χ0n) is 16.3. The molecule has 13 heteroatoms. The van der Waals surface area contributed by atoms with Crippen LogP contribution in [0.1, 0.15) is 13.8 Å². The first-order valence-electron chi connectivity index (χ1n) is 8.81. The van der Waals surface area contributed by atoms with Crippen LogP contribution < -0.4 is 21.3 Å². The van der Waals surface area contributed by atoms with Crippen molar-refractivity contribution in [2.45, 2.75) is 24.8 Å². The number of carbonyl (C=O) groups is 1. The number of nitrogens with zero attached hydrogens (tertiary/aromatic N) is 2. The predicted octanol–water partition coefficient (Wildman–Crippen LogP) is 1.67. The molecule has 164 valence electrons. The van der Waals surface area contributed by atoms with Crippen molar-refractivity contribution in [2.24, 2.45) is 11.1 Å². The number of carboxylic acid groups (broad SMARTS) is 1. The quantitative estimate of drug-likeness (QED) is 0.225.